The number of aromatic nitrogens is 2. The van der Waals surface area contributed by atoms with Crippen molar-refractivity contribution in [1.82, 2.24) is 20.0 Å². The zero-order valence-electron chi connectivity index (χ0n) is 13.8. The highest BCUT2D eigenvalue weighted by Gasteiger charge is 2.42. The van der Waals surface area contributed by atoms with Crippen molar-refractivity contribution in [2.75, 3.05) is 20.1 Å². The molecule has 2 fully saturated rings. The van der Waals surface area contributed by atoms with Crippen molar-refractivity contribution in [2.45, 2.75) is 63.1 Å². The first-order chi connectivity index (χ1) is 11.2. The van der Waals surface area contributed by atoms with Crippen LogP contribution in [0.5, 0.6) is 0 Å². The normalized spacial score (nSPS) is 30.8. The van der Waals surface area contributed by atoms with Crippen LogP contribution in [0.25, 0.3) is 0 Å². The van der Waals surface area contributed by atoms with Crippen molar-refractivity contribution in [1.29, 1.82) is 0 Å². The van der Waals surface area contributed by atoms with Gasteiger partial charge in [-0.3, -0.25) is 14.8 Å². The summed E-state index contributed by atoms with van der Waals surface area (Å²) in [4.78, 5) is 17.0. The summed E-state index contributed by atoms with van der Waals surface area (Å²) in [6.45, 7) is 2.16. The molecule has 1 aromatic rings. The largest absolute Gasteiger partial charge is 0.389 e. The van der Waals surface area contributed by atoms with E-state index in [1.807, 2.05) is 7.05 Å². The molecule has 2 aliphatic carbocycles. The molecule has 126 valence electrons. The maximum Gasteiger partial charge on any atom is 0.274 e. The van der Waals surface area contributed by atoms with E-state index < -0.39 is 6.10 Å². The summed E-state index contributed by atoms with van der Waals surface area (Å²) in [5, 5.41) is 18.0. The first kappa shape index (κ1) is 15.1. The highest BCUT2D eigenvalue weighted by molar-refractivity contribution is 5.94. The molecule has 6 nitrogen and oxygen atoms in total. The molecule has 23 heavy (non-hydrogen) atoms. The molecule has 0 radical (unpaired) electrons. The Morgan fingerprint density at radius 2 is 2.04 bits per heavy atom. The summed E-state index contributed by atoms with van der Waals surface area (Å²) in [5.41, 5.74) is 2.77. The van der Waals surface area contributed by atoms with Gasteiger partial charge in [0.1, 0.15) is 0 Å². The second-order valence-corrected chi connectivity index (χ2v) is 7.24. The second-order valence-electron chi connectivity index (χ2n) is 7.24. The Kier molecular flexibility index (Phi) is 3.89. The molecule has 0 unspecified atom stereocenters. The molecular weight excluding hydrogens is 292 g/mol. The third-order valence-corrected chi connectivity index (χ3v) is 5.98. The van der Waals surface area contributed by atoms with Crippen LogP contribution in [0.2, 0.25) is 0 Å². The number of nitrogens with one attached hydrogen (secondary N) is 1. The lowest BCUT2D eigenvalue weighted by atomic mass is 10.1. The van der Waals surface area contributed by atoms with Crippen molar-refractivity contribution < 1.29 is 9.90 Å². The summed E-state index contributed by atoms with van der Waals surface area (Å²) in [7, 11) is 1.82. The van der Waals surface area contributed by atoms with Crippen LogP contribution in [0.1, 0.15) is 53.8 Å². The first-order valence-corrected chi connectivity index (χ1v) is 8.92. The van der Waals surface area contributed by atoms with E-state index >= 15 is 0 Å². The molecule has 1 saturated heterocycles. The number of fused-ring (bicyclic) bond motifs is 1. The van der Waals surface area contributed by atoms with Crippen LogP contribution < -0.4 is 0 Å². The van der Waals surface area contributed by atoms with Crippen LogP contribution in [0, 0.1) is 0 Å². The van der Waals surface area contributed by atoms with Crippen molar-refractivity contribution >= 4 is 5.91 Å². The number of aliphatic hydroxyl groups excluding tert-OH is 1. The fourth-order valence-electron chi connectivity index (χ4n) is 4.65. The highest BCUT2D eigenvalue weighted by Crippen LogP contribution is 2.31. The summed E-state index contributed by atoms with van der Waals surface area (Å²) in [5.74, 6) is -0.0458. The zero-order valence-corrected chi connectivity index (χ0v) is 13.8. The van der Waals surface area contributed by atoms with Gasteiger partial charge < -0.3 is 10.0 Å². The number of hydrogen-bond donors (Lipinski definition) is 2. The minimum Gasteiger partial charge on any atom is -0.389 e. The molecule has 2 heterocycles. The lowest BCUT2D eigenvalue weighted by Gasteiger charge is -2.31. The molecule has 1 saturated carbocycles. The average molecular weight is 318 g/mol. The number of rotatable bonds is 3. The predicted octanol–water partition coefficient (Wildman–Crippen LogP) is 0.958. The van der Waals surface area contributed by atoms with Crippen LogP contribution >= 0.6 is 0 Å². The van der Waals surface area contributed by atoms with Crippen LogP contribution in [0.15, 0.2) is 0 Å². The molecule has 6 heteroatoms. The first-order valence-electron chi connectivity index (χ1n) is 8.92. The molecule has 0 aromatic carbocycles. The van der Waals surface area contributed by atoms with E-state index in [-0.39, 0.29) is 18.0 Å². The number of likely N-dealkylation sites (tertiary alicyclic amines) is 1. The Balaban J connectivity index is 1.48. The average Bonchev–Trinajstić information content (AvgIpc) is 3.29. The van der Waals surface area contributed by atoms with Crippen LogP contribution in [0.4, 0.5) is 0 Å². The Labute approximate surface area is 136 Å². The van der Waals surface area contributed by atoms with E-state index in [1.54, 1.807) is 4.90 Å². The summed E-state index contributed by atoms with van der Waals surface area (Å²) >= 11 is 0. The van der Waals surface area contributed by atoms with Gasteiger partial charge in [-0.05, 0) is 58.0 Å². The Hall–Kier alpha value is -1.40. The summed E-state index contributed by atoms with van der Waals surface area (Å²) in [6.07, 6.45) is 6.86. The molecule has 3 atom stereocenters. The third-order valence-electron chi connectivity index (χ3n) is 5.98. The lowest BCUT2D eigenvalue weighted by Crippen LogP contribution is -2.48. The van der Waals surface area contributed by atoms with Crippen LogP contribution in [0.3, 0.4) is 0 Å². The maximum absolute atomic E-state index is 12.8. The minimum absolute atomic E-state index is 0.0458. The van der Waals surface area contributed by atoms with E-state index in [0.717, 1.165) is 56.5 Å². The standard InChI is InChI=1S/C17H26N4O2/c1-20(17(23)15-11-5-4-6-12(11)18-19-15)13-7-8-14(16(13)22)21-9-2-3-10-21/h13-14,16,22H,2-10H2,1H3,(H,18,19)/t13-,14-,16-/m1/s1. The van der Waals surface area contributed by atoms with E-state index in [1.165, 1.54) is 12.8 Å². The molecule has 4 rings (SSSR count). The highest BCUT2D eigenvalue weighted by atomic mass is 16.3. The number of aromatic amines is 1. The Bertz CT molecular complexity index is 593. The number of hydrogen-bond acceptors (Lipinski definition) is 4. The number of H-pyrrole nitrogens is 1. The van der Waals surface area contributed by atoms with Crippen LogP contribution in [-0.2, 0) is 12.8 Å². The number of carbonyl (C=O) groups is 1. The van der Waals surface area contributed by atoms with Gasteiger partial charge in [-0.1, -0.05) is 0 Å². The van der Waals surface area contributed by atoms with Gasteiger partial charge in [0.25, 0.3) is 5.91 Å². The van der Waals surface area contributed by atoms with E-state index in [4.69, 9.17) is 0 Å². The van der Waals surface area contributed by atoms with Crippen LogP contribution in [-0.4, -0.2) is 69.3 Å². The van der Waals surface area contributed by atoms with Gasteiger partial charge in [0.2, 0.25) is 0 Å². The Morgan fingerprint density at radius 3 is 2.83 bits per heavy atom. The van der Waals surface area contributed by atoms with Crippen molar-refractivity contribution in [3.8, 4) is 0 Å². The van der Waals surface area contributed by atoms with E-state index in [2.05, 4.69) is 15.1 Å². The third kappa shape index (κ3) is 2.48. The maximum atomic E-state index is 12.8. The van der Waals surface area contributed by atoms with Gasteiger partial charge >= 0.3 is 0 Å². The second kappa shape index (κ2) is 5.91. The van der Waals surface area contributed by atoms with Gasteiger partial charge in [0.15, 0.2) is 5.69 Å². The monoisotopic (exact) mass is 318 g/mol. The molecule has 1 amide bonds. The van der Waals surface area contributed by atoms with Crippen molar-refractivity contribution in [2.24, 2.45) is 0 Å². The van der Waals surface area contributed by atoms with Gasteiger partial charge in [-0.15, -0.1) is 0 Å². The zero-order chi connectivity index (χ0) is 16.0. The van der Waals surface area contributed by atoms with E-state index in [0.29, 0.717) is 5.69 Å². The topological polar surface area (TPSA) is 72.5 Å². The predicted molar refractivity (Wildman–Crippen MR) is 86.3 cm³/mol. The van der Waals surface area contributed by atoms with Gasteiger partial charge in [0.05, 0.1) is 12.1 Å². The molecule has 0 bridgehead atoms. The van der Waals surface area contributed by atoms with E-state index in [9.17, 15) is 9.90 Å². The molecule has 3 aliphatic rings. The number of aryl methyl sites for hydroxylation is 1. The summed E-state index contributed by atoms with van der Waals surface area (Å²) in [6, 6.07) is 0.115. The van der Waals surface area contributed by atoms with Crippen molar-refractivity contribution in [3.63, 3.8) is 0 Å². The van der Waals surface area contributed by atoms with Crippen molar-refractivity contribution in [3.05, 3.63) is 17.0 Å². The lowest BCUT2D eigenvalue weighted by molar-refractivity contribution is 0.0292. The van der Waals surface area contributed by atoms with Gasteiger partial charge in [-0.2, -0.15) is 5.10 Å². The Morgan fingerprint density at radius 1 is 1.26 bits per heavy atom. The number of likely N-dealkylation sites (N-methyl/N-ethyl adjacent to an activating group) is 1. The number of carbonyl (C=O) groups excluding carboxylic acids is 1. The number of aliphatic hydroxyl groups is 1. The molecular formula is C17H26N4O2. The van der Waals surface area contributed by atoms with Gasteiger partial charge in [0, 0.05) is 24.3 Å². The molecule has 2 N–H and O–H groups in total. The molecule has 0 spiro atoms. The number of nitrogens with zero attached hydrogens (tertiary/aromatic N) is 3. The fourth-order valence-corrected chi connectivity index (χ4v) is 4.65. The smallest absolute Gasteiger partial charge is 0.274 e. The quantitative estimate of drug-likeness (QED) is 0.871. The minimum atomic E-state index is -0.450. The fraction of sp³-hybridized carbons (Fsp3) is 0.765. The number of amides is 1. The molecule has 1 aliphatic heterocycles. The van der Waals surface area contributed by atoms with Gasteiger partial charge in [-0.25, -0.2) is 0 Å². The summed E-state index contributed by atoms with van der Waals surface area (Å²) < 4.78 is 0. The SMILES string of the molecule is CN(C(=O)c1n[nH]c2c1CCC2)[C@@H]1CC[C@@H](N2CCCC2)[C@@H]1O. The molecule has 1 aromatic heterocycles.